The van der Waals surface area contributed by atoms with Gasteiger partial charge in [0.2, 0.25) is 5.43 Å². The van der Waals surface area contributed by atoms with Crippen LogP contribution in [0.15, 0.2) is 45.6 Å². The van der Waals surface area contributed by atoms with Gasteiger partial charge in [0.1, 0.15) is 17.1 Å². The van der Waals surface area contributed by atoms with Crippen LogP contribution in [0.3, 0.4) is 0 Å². The van der Waals surface area contributed by atoms with E-state index in [1.807, 2.05) is 0 Å². The van der Waals surface area contributed by atoms with Crippen molar-refractivity contribution in [2.24, 2.45) is 0 Å². The molecule has 2 aromatic carbocycles. The van der Waals surface area contributed by atoms with Gasteiger partial charge in [-0.25, -0.2) is 0 Å². The minimum atomic E-state index is -1.25. The second-order valence-electron chi connectivity index (χ2n) is 7.49. The van der Waals surface area contributed by atoms with Crippen LogP contribution in [0.2, 0.25) is 0 Å². The number of carboxylic acid groups (broad SMARTS) is 1. The number of rotatable bonds is 7. The number of fused-ring (bicyclic) bond motifs is 2. The lowest BCUT2D eigenvalue weighted by Gasteiger charge is -2.12. The Morgan fingerprint density at radius 2 is 1.88 bits per heavy atom. The molecule has 9 heteroatoms. The molecular formula is C24H22NO8-. The van der Waals surface area contributed by atoms with Crippen molar-refractivity contribution in [1.29, 1.82) is 0 Å². The molecule has 0 spiro atoms. The average Bonchev–Trinajstić information content (AvgIpc) is 3.02. The van der Waals surface area contributed by atoms with Crippen LogP contribution >= 0.6 is 0 Å². The number of benzene rings is 2. The van der Waals surface area contributed by atoms with Crippen molar-refractivity contribution in [3.05, 3.63) is 52.4 Å². The number of aliphatic carboxylic acids is 1. The van der Waals surface area contributed by atoms with E-state index in [4.69, 9.17) is 18.6 Å². The van der Waals surface area contributed by atoms with Crippen molar-refractivity contribution in [1.82, 2.24) is 5.32 Å². The van der Waals surface area contributed by atoms with Crippen LogP contribution < -0.4 is 30.1 Å². The number of hydrogen-bond acceptors (Lipinski definition) is 8. The first-order valence-electron chi connectivity index (χ1n) is 10.5. The number of amides is 1. The second-order valence-corrected chi connectivity index (χ2v) is 7.49. The van der Waals surface area contributed by atoms with Crippen LogP contribution in [0.5, 0.6) is 17.2 Å². The molecule has 0 unspecified atom stereocenters. The Morgan fingerprint density at radius 1 is 1.09 bits per heavy atom. The molecule has 3 aromatic rings. The highest BCUT2D eigenvalue weighted by molar-refractivity contribution is 5.84. The topological polar surface area (TPSA) is 127 Å². The van der Waals surface area contributed by atoms with Crippen LogP contribution in [0, 0.1) is 6.92 Å². The Kier molecular flexibility index (Phi) is 6.48. The van der Waals surface area contributed by atoms with Gasteiger partial charge in [-0.2, -0.15) is 0 Å². The zero-order chi connectivity index (χ0) is 23.4. The van der Waals surface area contributed by atoms with Crippen molar-refractivity contribution in [3.8, 4) is 28.4 Å². The summed E-state index contributed by atoms with van der Waals surface area (Å²) in [5.41, 5.74) is 1.22. The van der Waals surface area contributed by atoms with E-state index in [0.29, 0.717) is 58.3 Å². The maximum absolute atomic E-state index is 13.2. The molecule has 172 valence electrons. The van der Waals surface area contributed by atoms with E-state index >= 15 is 0 Å². The highest BCUT2D eigenvalue weighted by atomic mass is 16.5. The fourth-order valence-electron chi connectivity index (χ4n) is 3.53. The number of carboxylic acids is 1. The van der Waals surface area contributed by atoms with E-state index in [9.17, 15) is 19.5 Å². The van der Waals surface area contributed by atoms with E-state index in [-0.39, 0.29) is 25.0 Å². The second kappa shape index (κ2) is 9.64. The van der Waals surface area contributed by atoms with Crippen LogP contribution in [-0.2, 0) is 9.59 Å². The van der Waals surface area contributed by atoms with Crippen molar-refractivity contribution >= 4 is 22.8 Å². The number of carbonyl (C=O) groups is 2. The highest BCUT2D eigenvalue weighted by Gasteiger charge is 2.18. The normalized spacial score (nSPS) is 12.8. The molecule has 1 N–H and O–H groups in total. The fraction of sp³-hybridized carbons (Fsp3) is 0.292. The van der Waals surface area contributed by atoms with Gasteiger partial charge in [-0.05, 0) is 36.8 Å². The fourth-order valence-corrected chi connectivity index (χ4v) is 3.53. The van der Waals surface area contributed by atoms with E-state index in [0.717, 1.165) is 6.42 Å². The smallest absolute Gasteiger partial charge is 0.257 e. The Labute approximate surface area is 188 Å². The van der Waals surface area contributed by atoms with Crippen molar-refractivity contribution in [2.45, 2.75) is 19.8 Å². The summed E-state index contributed by atoms with van der Waals surface area (Å²) in [6.07, 6.45) is 0.505. The Hall–Kier alpha value is -4.01. The third kappa shape index (κ3) is 5.08. The SMILES string of the molecule is Cc1oc2cc(OCC(=O)NCCC(=O)[O-])ccc2c(=O)c1-c1ccc2c(c1)OCCCO2. The standard InChI is InChI=1S/C24H23NO8/c1-14-23(15-3-6-18-20(11-15)31-10-2-9-30-18)24(29)17-5-4-16(12-19(17)33-14)32-13-21(26)25-8-7-22(27)28/h3-6,11-12H,2,7-10,13H2,1H3,(H,25,26)(H,27,28)/p-1. The predicted octanol–water partition coefficient (Wildman–Crippen LogP) is 1.56. The lowest BCUT2D eigenvalue weighted by Crippen LogP contribution is -2.33. The maximum Gasteiger partial charge on any atom is 0.257 e. The minimum Gasteiger partial charge on any atom is -0.550 e. The van der Waals surface area contributed by atoms with E-state index in [1.54, 1.807) is 37.3 Å². The molecule has 2 heterocycles. The summed E-state index contributed by atoms with van der Waals surface area (Å²) >= 11 is 0. The molecule has 0 atom stereocenters. The Morgan fingerprint density at radius 3 is 2.67 bits per heavy atom. The summed E-state index contributed by atoms with van der Waals surface area (Å²) in [4.78, 5) is 35.4. The largest absolute Gasteiger partial charge is 0.550 e. The molecule has 1 amide bonds. The zero-order valence-electron chi connectivity index (χ0n) is 18.0. The van der Waals surface area contributed by atoms with Gasteiger partial charge in [0, 0.05) is 31.4 Å². The van der Waals surface area contributed by atoms with Crippen molar-refractivity contribution in [2.75, 3.05) is 26.4 Å². The molecule has 33 heavy (non-hydrogen) atoms. The molecule has 1 aromatic heterocycles. The van der Waals surface area contributed by atoms with Crippen LogP contribution in [0.25, 0.3) is 22.1 Å². The van der Waals surface area contributed by atoms with E-state index in [1.165, 1.54) is 6.07 Å². The Bertz CT molecular complexity index is 1260. The number of ether oxygens (including phenoxy) is 3. The van der Waals surface area contributed by atoms with Crippen LogP contribution in [-0.4, -0.2) is 38.2 Å². The third-order valence-corrected chi connectivity index (χ3v) is 5.10. The summed E-state index contributed by atoms with van der Waals surface area (Å²) in [6.45, 7) is 2.47. The van der Waals surface area contributed by atoms with Crippen LogP contribution in [0.4, 0.5) is 0 Å². The molecule has 0 fully saturated rings. The van der Waals surface area contributed by atoms with Gasteiger partial charge in [-0.3, -0.25) is 9.59 Å². The average molecular weight is 452 g/mol. The van der Waals surface area contributed by atoms with Gasteiger partial charge in [0.25, 0.3) is 5.91 Å². The monoisotopic (exact) mass is 452 g/mol. The van der Waals surface area contributed by atoms with Gasteiger partial charge < -0.3 is 33.8 Å². The first-order valence-corrected chi connectivity index (χ1v) is 10.5. The maximum atomic E-state index is 13.2. The molecule has 0 radical (unpaired) electrons. The third-order valence-electron chi connectivity index (χ3n) is 5.10. The molecule has 9 nitrogen and oxygen atoms in total. The first kappa shape index (κ1) is 22.2. The zero-order valence-corrected chi connectivity index (χ0v) is 18.0. The molecule has 1 aliphatic heterocycles. The molecule has 0 aliphatic carbocycles. The van der Waals surface area contributed by atoms with Crippen molar-refractivity contribution in [3.63, 3.8) is 0 Å². The highest BCUT2D eigenvalue weighted by Crippen LogP contribution is 2.35. The number of hydrogen-bond donors (Lipinski definition) is 1. The van der Waals surface area contributed by atoms with Gasteiger partial charge in [-0.15, -0.1) is 0 Å². The summed E-state index contributed by atoms with van der Waals surface area (Å²) in [5, 5.41) is 13.2. The van der Waals surface area contributed by atoms with Crippen molar-refractivity contribution < 1.29 is 33.3 Å². The van der Waals surface area contributed by atoms with Gasteiger partial charge in [-0.1, -0.05) is 6.07 Å². The lowest BCUT2D eigenvalue weighted by atomic mass is 10.0. The summed E-state index contributed by atoms with van der Waals surface area (Å²) in [6, 6.07) is 10.1. The summed E-state index contributed by atoms with van der Waals surface area (Å²) in [5.74, 6) is 0.277. The van der Waals surface area contributed by atoms with E-state index in [2.05, 4.69) is 5.32 Å². The molecule has 0 bridgehead atoms. The number of nitrogens with one attached hydrogen (secondary N) is 1. The summed E-state index contributed by atoms with van der Waals surface area (Å²) < 4.78 is 22.7. The predicted molar refractivity (Wildman–Crippen MR) is 116 cm³/mol. The molecular weight excluding hydrogens is 430 g/mol. The van der Waals surface area contributed by atoms with Gasteiger partial charge >= 0.3 is 0 Å². The summed E-state index contributed by atoms with van der Waals surface area (Å²) in [7, 11) is 0. The molecule has 1 aliphatic rings. The molecule has 4 rings (SSSR count). The first-order chi connectivity index (χ1) is 15.9. The molecule has 0 saturated heterocycles. The van der Waals surface area contributed by atoms with Crippen LogP contribution in [0.1, 0.15) is 18.6 Å². The Balaban J connectivity index is 1.56. The van der Waals surface area contributed by atoms with Gasteiger partial charge in [0.15, 0.2) is 18.1 Å². The van der Waals surface area contributed by atoms with E-state index < -0.39 is 11.9 Å². The minimum absolute atomic E-state index is 0.0427. The number of carbonyl (C=O) groups excluding carboxylic acids is 2. The molecule has 0 saturated carbocycles. The lowest BCUT2D eigenvalue weighted by molar-refractivity contribution is -0.305. The quantitative estimate of drug-likeness (QED) is 0.572. The number of aryl methyl sites for hydroxylation is 1. The van der Waals surface area contributed by atoms with Gasteiger partial charge in [0.05, 0.1) is 24.2 Å².